The summed E-state index contributed by atoms with van der Waals surface area (Å²) in [5.41, 5.74) is 0.789. The van der Waals surface area contributed by atoms with E-state index >= 15 is 0 Å². The van der Waals surface area contributed by atoms with E-state index in [2.05, 4.69) is 62.3 Å². The second-order valence-corrected chi connectivity index (χ2v) is 7.94. The van der Waals surface area contributed by atoms with E-state index in [4.69, 9.17) is 0 Å². The molecule has 0 heteroatoms. The molecule has 2 atom stereocenters. The van der Waals surface area contributed by atoms with Gasteiger partial charge in [0.2, 0.25) is 0 Å². The average molecular weight is 240 g/mol. The minimum absolute atomic E-state index is 0.384. The highest BCUT2D eigenvalue weighted by Gasteiger charge is 2.40. The second kappa shape index (κ2) is 6.25. The Hall–Kier alpha value is 0. The van der Waals surface area contributed by atoms with Crippen molar-refractivity contribution in [3.8, 4) is 0 Å². The maximum atomic E-state index is 2.48. The zero-order valence-electron chi connectivity index (χ0n) is 13.9. The molecule has 0 saturated carbocycles. The highest BCUT2D eigenvalue weighted by Crippen LogP contribution is 2.48. The first-order valence-corrected chi connectivity index (χ1v) is 7.54. The van der Waals surface area contributed by atoms with Gasteiger partial charge in [-0.1, -0.05) is 75.2 Å². The van der Waals surface area contributed by atoms with Crippen LogP contribution in [0.1, 0.15) is 81.6 Å². The van der Waals surface area contributed by atoms with Crippen molar-refractivity contribution in [2.75, 3.05) is 0 Å². The Bertz CT molecular complexity index is 205. The van der Waals surface area contributed by atoms with Crippen LogP contribution in [0.3, 0.4) is 0 Å². The molecule has 0 nitrogen and oxygen atoms in total. The monoisotopic (exact) mass is 240 g/mol. The van der Waals surface area contributed by atoms with Crippen LogP contribution in [0.5, 0.6) is 0 Å². The van der Waals surface area contributed by atoms with Crippen molar-refractivity contribution in [1.82, 2.24) is 0 Å². The Morgan fingerprint density at radius 2 is 1.35 bits per heavy atom. The fourth-order valence-electron chi connectivity index (χ4n) is 2.82. The van der Waals surface area contributed by atoms with Crippen LogP contribution >= 0.6 is 0 Å². The summed E-state index contributed by atoms with van der Waals surface area (Å²) >= 11 is 0. The predicted molar refractivity (Wildman–Crippen MR) is 80.3 cm³/mol. The van der Waals surface area contributed by atoms with E-state index in [1.165, 1.54) is 19.3 Å². The molecule has 2 unspecified atom stereocenters. The molecule has 0 heterocycles. The van der Waals surface area contributed by atoms with Crippen LogP contribution in [0.4, 0.5) is 0 Å². The molecule has 0 rings (SSSR count). The largest absolute Gasteiger partial charge is 0.0654 e. The molecule has 0 saturated heterocycles. The average Bonchev–Trinajstić information content (AvgIpc) is 2.13. The first-order chi connectivity index (χ1) is 7.54. The summed E-state index contributed by atoms with van der Waals surface area (Å²) in [5.74, 6) is 2.50. The molecule has 104 valence electrons. The molecule has 0 aromatic carbocycles. The van der Waals surface area contributed by atoms with Crippen LogP contribution in [-0.2, 0) is 0 Å². The van der Waals surface area contributed by atoms with Crippen LogP contribution in [0.2, 0.25) is 0 Å². The zero-order valence-corrected chi connectivity index (χ0v) is 13.9. The Kier molecular flexibility index (Phi) is 6.25. The lowest BCUT2D eigenvalue weighted by Crippen LogP contribution is -2.39. The molecule has 0 spiro atoms. The van der Waals surface area contributed by atoms with E-state index < -0.39 is 0 Å². The summed E-state index contributed by atoms with van der Waals surface area (Å²) in [6.45, 7) is 21.6. The summed E-state index contributed by atoms with van der Waals surface area (Å²) < 4.78 is 0. The van der Waals surface area contributed by atoms with Gasteiger partial charge in [-0.05, 0) is 35.0 Å². The predicted octanol–water partition coefficient (Wildman–Crippen LogP) is 6.16. The lowest BCUT2D eigenvalue weighted by Gasteiger charge is -2.47. The summed E-state index contributed by atoms with van der Waals surface area (Å²) in [7, 11) is 0. The molecule has 0 aliphatic rings. The summed E-state index contributed by atoms with van der Waals surface area (Å²) in [6.07, 6.45) is 4.09. The van der Waals surface area contributed by atoms with Gasteiger partial charge in [-0.2, -0.15) is 0 Å². The van der Waals surface area contributed by atoms with Gasteiger partial charge in [0.05, 0.1) is 0 Å². The molecule has 0 fully saturated rings. The molecule has 0 aliphatic carbocycles. The van der Waals surface area contributed by atoms with Gasteiger partial charge < -0.3 is 0 Å². The molecular formula is C17H36. The van der Waals surface area contributed by atoms with Crippen LogP contribution < -0.4 is 0 Å². The summed E-state index contributed by atoms with van der Waals surface area (Å²) in [4.78, 5) is 0. The highest BCUT2D eigenvalue weighted by atomic mass is 14.5. The standard InChI is InChI=1S/C17H36/c1-10-11-15(12-13(2)3)14(4)17(8,9)16(5,6)7/h13-15H,10-12H2,1-9H3. The van der Waals surface area contributed by atoms with E-state index in [1.54, 1.807) is 0 Å². The van der Waals surface area contributed by atoms with Gasteiger partial charge in [0.15, 0.2) is 0 Å². The number of hydrogen-bond donors (Lipinski definition) is 0. The summed E-state index contributed by atoms with van der Waals surface area (Å²) in [6, 6.07) is 0. The van der Waals surface area contributed by atoms with E-state index in [-0.39, 0.29) is 0 Å². The third kappa shape index (κ3) is 4.64. The molecule has 0 radical (unpaired) electrons. The molecule has 17 heavy (non-hydrogen) atoms. The third-order valence-electron chi connectivity index (χ3n) is 5.21. The minimum atomic E-state index is 0.384. The van der Waals surface area contributed by atoms with Crippen molar-refractivity contribution in [3.05, 3.63) is 0 Å². The van der Waals surface area contributed by atoms with Crippen LogP contribution in [0.15, 0.2) is 0 Å². The SMILES string of the molecule is CCCC(CC(C)C)C(C)C(C)(C)C(C)(C)C. The lowest BCUT2D eigenvalue weighted by molar-refractivity contribution is 0.0210. The molecule has 0 aliphatic heterocycles. The molecule has 0 aromatic heterocycles. The van der Waals surface area contributed by atoms with E-state index in [0.717, 1.165) is 17.8 Å². The van der Waals surface area contributed by atoms with Gasteiger partial charge >= 0.3 is 0 Å². The second-order valence-electron chi connectivity index (χ2n) is 7.94. The molecule has 0 N–H and O–H groups in total. The third-order valence-corrected chi connectivity index (χ3v) is 5.21. The van der Waals surface area contributed by atoms with Gasteiger partial charge in [-0.25, -0.2) is 0 Å². The van der Waals surface area contributed by atoms with Crippen molar-refractivity contribution in [3.63, 3.8) is 0 Å². The normalized spacial score (nSPS) is 17.3. The Morgan fingerprint density at radius 1 is 0.882 bits per heavy atom. The van der Waals surface area contributed by atoms with E-state index in [1.807, 2.05) is 0 Å². The van der Waals surface area contributed by atoms with Crippen molar-refractivity contribution in [1.29, 1.82) is 0 Å². The van der Waals surface area contributed by atoms with Crippen molar-refractivity contribution in [2.45, 2.75) is 81.6 Å². The Balaban J connectivity index is 4.87. The van der Waals surface area contributed by atoms with Crippen LogP contribution in [0.25, 0.3) is 0 Å². The smallest absolute Gasteiger partial charge is 0.0277 e. The Morgan fingerprint density at radius 3 is 1.65 bits per heavy atom. The fraction of sp³-hybridized carbons (Fsp3) is 1.00. The highest BCUT2D eigenvalue weighted by molar-refractivity contribution is 4.89. The molecule has 0 amide bonds. The van der Waals surface area contributed by atoms with Gasteiger partial charge in [0, 0.05) is 0 Å². The van der Waals surface area contributed by atoms with E-state index in [0.29, 0.717) is 10.8 Å². The number of rotatable bonds is 6. The van der Waals surface area contributed by atoms with Crippen LogP contribution in [0, 0.1) is 28.6 Å². The van der Waals surface area contributed by atoms with E-state index in [9.17, 15) is 0 Å². The minimum Gasteiger partial charge on any atom is -0.0654 e. The zero-order chi connectivity index (χ0) is 13.9. The molecular weight excluding hydrogens is 204 g/mol. The fourth-order valence-corrected chi connectivity index (χ4v) is 2.82. The Labute approximate surface area is 111 Å². The van der Waals surface area contributed by atoms with Gasteiger partial charge in [0.1, 0.15) is 0 Å². The molecule has 0 bridgehead atoms. The van der Waals surface area contributed by atoms with Crippen LogP contribution in [-0.4, -0.2) is 0 Å². The number of hydrogen-bond acceptors (Lipinski definition) is 0. The topological polar surface area (TPSA) is 0 Å². The quantitative estimate of drug-likeness (QED) is 0.522. The van der Waals surface area contributed by atoms with Crippen molar-refractivity contribution in [2.24, 2.45) is 28.6 Å². The van der Waals surface area contributed by atoms with Crippen molar-refractivity contribution >= 4 is 0 Å². The maximum absolute atomic E-state index is 2.48. The molecule has 0 aromatic rings. The maximum Gasteiger partial charge on any atom is -0.0277 e. The van der Waals surface area contributed by atoms with Gasteiger partial charge in [0.25, 0.3) is 0 Å². The van der Waals surface area contributed by atoms with Crippen molar-refractivity contribution < 1.29 is 0 Å². The van der Waals surface area contributed by atoms with Gasteiger partial charge in [-0.15, -0.1) is 0 Å². The summed E-state index contributed by atoms with van der Waals surface area (Å²) in [5, 5.41) is 0. The lowest BCUT2D eigenvalue weighted by atomic mass is 9.58. The first-order valence-electron chi connectivity index (χ1n) is 7.54. The first kappa shape index (κ1) is 17.0. The van der Waals surface area contributed by atoms with Gasteiger partial charge in [-0.3, -0.25) is 0 Å².